The molecule has 0 aromatic rings. The van der Waals surface area contributed by atoms with Gasteiger partial charge in [-0.3, -0.25) is 0 Å². The molecular formula is C12H20GeO4S4. The van der Waals surface area contributed by atoms with Crippen LogP contribution in [-0.2, 0) is 18.9 Å². The van der Waals surface area contributed by atoms with E-state index in [2.05, 4.69) is 40.3 Å². The molecule has 4 aliphatic heterocycles. The third-order valence-electron chi connectivity index (χ3n) is 3.67. The van der Waals surface area contributed by atoms with Gasteiger partial charge in [0.15, 0.2) is 0 Å². The fourth-order valence-electron chi connectivity index (χ4n) is 2.11. The molecule has 0 radical (unpaired) electrons. The van der Waals surface area contributed by atoms with E-state index in [4.69, 9.17) is 18.9 Å². The Hall–Kier alpha value is 1.78. The van der Waals surface area contributed by atoms with E-state index in [1.54, 1.807) is 0 Å². The molecule has 0 bridgehead atoms. The first-order valence-corrected chi connectivity index (χ1v) is 21.1. The summed E-state index contributed by atoms with van der Waals surface area (Å²) in [4.78, 5) is 0. The second-order valence-electron chi connectivity index (χ2n) is 5.61. The molecule has 0 aromatic heterocycles. The zero-order valence-corrected chi connectivity index (χ0v) is 17.1. The topological polar surface area (TPSA) is 36.9 Å². The molecule has 120 valence electrons. The molecule has 21 heavy (non-hydrogen) atoms. The van der Waals surface area contributed by atoms with Crippen molar-refractivity contribution in [1.82, 2.24) is 0 Å². The molecule has 0 saturated carbocycles. The Morgan fingerprint density at radius 2 is 0.714 bits per heavy atom. The third-order valence-corrected chi connectivity index (χ3v) is 40.9. The molecule has 4 heterocycles. The Morgan fingerprint density at radius 1 is 0.476 bits per heavy atom. The number of hydrogen-bond donors (Lipinski definition) is 0. The summed E-state index contributed by atoms with van der Waals surface area (Å²) >= 11 is 0. The number of rotatable bonds is 8. The first-order chi connectivity index (χ1) is 10.3. The molecular weight excluding hydrogens is 409 g/mol. The summed E-state index contributed by atoms with van der Waals surface area (Å²) in [6.07, 6.45) is 0. The predicted octanol–water partition coefficient (Wildman–Crippen LogP) is 1.95. The molecule has 4 rings (SSSR count). The Morgan fingerprint density at radius 3 is 0.857 bits per heavy atom. The predicted molar refractivity (Wildman–Crippen MR) is 94.5 cm³/mol. The van der Waals surface area contributed by atoms with Gasteiger partial charge in [-0.2, -0.15) is 0 Å². The summed E-state index contributed by atoms with van der Waals surface area (Å²) in [6, 6.07) is 0. The van der Waals surface area contributed by atoms with Gasteiger partial charge >= 0.3 is 142 Å². The fraction of sp³-hybridized carbons (Fsp3) is 1.00. The molecule has 0 N–H and O–H groups in total. The molecule has 0 atom stereocenters. The average molecular weight is 429 g/mol. The van der Waals surface area contributed by atoms with Crippen LogP contribution in [0.5, 0.6) is 0 Å². The molecule has 4 fully saturated rings. The Bertz CT molecular complexity index is 292. The summed E-state index contributed by atoms with van der Waals surface area (Å²) in [5, 5.41) is 2.89. The van der Waals surface area contributed by atoms with E-state index in [0.717, 1.165) is 73.9 Å². The van der Waals surface area contributed by atoms with E-state index in [9.17, 15) is 0 Å². The maximum absolute atomic E-state index is 5.42. The van der Waals surface area contributed by atoms with Crippen molar-refractivity contribution in [3.8, 4) is 0 Å². The van der Waals surface area contributed by atoms with E-state index >= 15 is 0 Å². The first-order valence-electron chi connectivity index (χ1n) is 7.33. The van der Waals surface area contributed by atoms with Crippen LogP contribution in [0.1, 0.15) is 0 Å². The van der Waals surface area contributed by atoms with Crippen LogP contribution in [0.25, 0.3) is 0 Å². The van der Waals surface area contributed by atoms with Gasteiger partial charge in [0, 0.05) is 0 Å². The molecule has 4 aliphatic rings. The Balaban J connectivity index is 1.45. The van der Waals surface area contributed by atoms with Gasteiger partial charge in [-0.05, 0) is 0 Å². The van der Waals surface area contributed by atoms with Crippen molar-refractivity contribution in [1.29, 1.82) is 0 Å². The maximum atomic E-state index is 5.42. The van der Waals surface area contributed by atoms with Crippen molar-refractivity contribution in [2.45, 2.75) is 21.0 Å². The van der Waals surface area contributed by atoms with Gasteiger partial charge in [0.05, 0.1) is 0 Å². The van der Waals surface area contributed by atoms with Crippen LogP contribution in [0.2, 0.25) is 0 Å². The van der Waals surface area contributed by atoms with Crippen molar-refractivity contribution in [2.75, 3.05) is 52.9 Å². The average Bonchev–Trinajstić information content (AvgIpc) is 2.28. The zero-order valence-electron chi connectivity index (χ0n) is 11.7. The molecule has 0 spiro atoms. The van der Waals surface area contributed by atoms with E-state index in [1.165, 1.54) is 0 Å². The van der Waals surface area contributed by atoms with Crippen LogP contribution in [0, 0.1) is 0 Å². The van der Waals surface area contributed by atoms with Gasteiger partial charge < -0.3 is 0 Å². The second kappa shape index (κ2) is 7.35. The third kappa shape index (κ3) is 4.07. The summed E-state index contributed by atoms with van der Waals surface area (Å²) in [5.41, 5.74) is 0. The van der Waals surface area contributed by atoms with Gasteiger partial charge in [0.25, 0.3) is 0 Å². The summed E-state index contributed by atoms with van der Waals surface area (Å²) < 4.78 is 21.7. The Kier molecular flexibility index (Phi) is 5.69. The van der Waals surface area contributed by atoms with Gasteiger partial charge in [0.1, 0.15) is 0 Å². The molecule has 0 aromatic carbocycles. The van der Waals surface area contributed by atoms with Crippen LogP contribution >= 0.6 is 40.3 Å². The van der Waals surface area contributed by atoms with E-state index in [1.807, 2.05) is 0 Å². The van der Waals surface area contributed by atoms with Crippen molar-refractivity contribution in [2.24, 2.45) is 0 Å². The van der Waals surface area contributed by atoms with Gasteiger partial charge in [-0.15, -0.1) is 0 Å². The van der Waals surface area contributed by atoms with Crippen molar-refractivity contribution in [3.63, 3.8) is 0 Å². The summed E-state index contributed by atoms with van der Waals surface area (Å²) in [5.74, 6) is 0. The van der Waals surface area contributed by atoms with Gasteiger partial charge in [-0.25, -0.2) is 0 Å². The first kappa shape index (κ1) is 16.3. The summed E-state index contributed by atoms with van der Waals surface area (Å²) in [7, 11) is 7.00. The van der Waals surface area contributed by atoms with Gasteiger partial charge in [0.2, 0.25) is 0 Å². The fourth-order valence-corrected chi connectivity index (χ4v) is 51.8. The molecule has 4 saturated heterocycles. The van der Waals surface area contributed by atoms with Crippen LogP contribution in [0.15, 0.2) is 0 Å². The van der Waals surface area contributed by atoms with Crippen LogP contribution in [-0.4, -0.2) is 82.6 Å². The minimum atomic E-state index is -2.18. The number of hydrogen-bond acceptors (Lipinski definition) is 8. The van der Waals surface area contributed by atoms with Crippen LogP contribution in [0.4, 0.5) is 0 Å². The monoisotopic (exact) mass is 430 g/mol. The van der Waals surface area contributed by atoms with Crippen molar-refractivity contribution in [3.05, 3.63) is 0 Å². The molecule has 4 nitrogen and oxygen atoms in total. The van der Waals surface area contributed by atoms with Crippen molar-refractivity contribution >= 4 is 49.0 Å². The van der Waals surface area contributed by atoms with E-state index < -0.39 is 8.70 Å². The molecule has 0 amide bonds. The van der Waals surface area contributed by atoms with E-state index in [-0.39, 0.29) is 0 Å². The van der Waals surface area contributed by atoms with E-state index in [0.29, 0.717) is 0 Å². The standard InChI is InChI=1S/C12H20GeO4S4/c1-9(2-14-1)18-13(19-10-3-15-4-10,20-11-5-16-6-11)21-12-7-17-8-12/h9-12H,1-8H2. The summed E-state index contributed by atoms with van der Waals surface area (Å²) in [6.45, 7) is 7.58. The van der Waals surface area contributed by atoms with Crippen molar-refractivity contribution < 1.29 is 18.9 Å². The normalized spacial score (nSPS) is 28.6. The van der Waals surface area contributed by atoms with Crippen LogP contribution in [0.3, 0.4) is 0 Å². The Labute approximate surface area is 141 Å². The molecule has 0 unspecified atom stereocenters. The molecule has 9 heteroatoms. The second-order valence-corrected chi connectivity index (χ2v) is 38.0. The SMILES string of the molecule is C1OCC1[S][Ge]([S]C1COC1)([S]C1COC1)[S]C1COC1. The number of ether oxygens (including phenoxy) is 4. The zero-order chi connectivity index (χ0) is 14.1. The van der Waals surface area contributed by atoms with Crippen LogP contribution < -0.4 is 0 Å². The van der Waals surface area contributed by atoms with Gasteiger partial charge in [-0.1, -0.05) is 0 Å². The molecule has 0 aliphatic carbocycles. The quantitative estimate of drug-likeness (QED) is 0.543. The minimum absolute atomic E-state index is 0.723.